The molecule has 96 valence electrons. The third kappa shape index (κ3) is 3.69. The molecule has 2 rings (SSSR count). The van der Waals surface area contributed by atoms with Crippen molar-refractivity contribution >= 4 is 45.5 Å². The maximum absolute atomic E-state index is 10.4. The highest BCUT2D eigenvalue weighted by molar-refractivity contribution is 8.01. The van der Waals surface area contributed by atoms with E-state index in [-0.39, 0.29) is 11.8 Å². The van der Waals surface area contributed by atoms with Crippen LogP contribution in [0.1, 0.15) is 18.5 Å². The third-order valence-corrected chi connectivity index (χ3v) is 4.78. The molecule has 1 atom stereocenters. The molecule has 0 aromatic carbocycles. The van der Waals surface area contributed by atoms with Crippen molar-refractivity contribution in [3.8, 4) is 0 Å². The number of hydrogen-bond donors (Lipinski definition) is 2. The number of anilines is 1. The summed E-state index contributed by atoms with van der Waals surface area (Å²) in [5, 5.41) is 24.6. The average molecular weight is 301 g/mol. The molecule has 2 aromatic rings. The Balaban J connectivity index is 1.92. The third-order valence-electron chi connectivity index (χ3n) is 2.11. The molecule has 1 unspecified atom stereocenters. The van der Waals surface area contributed by atoms with Gasteiger partial charge < -0.3 is 10.4 Å². The van der Waals surface area contributed by atoms with Gasteiger partial charge in [0.1, 0.15) is 0 Å². The number of nitrogens with one attached hydrogen (secondary N) is 1. The topological polar surface area (TPSA) is 75.1 Å². The fourth-order valence-electron chi connectivity index (χ4n) is 1.24. The summed E-state index contributed by atoms with van der Waals surface area (Å²) >= 11 is 4.20. The number of thioether (sulfide) groups is 1. The molecular formula is C10H11N3O2S3. The lowest BCUT2D eigenvalue weighted by atomic mass is 10.2. The number of carbonyl (C=O) groups is 1. The standard InChI is InChI=1S/C10H11N3O2S3/c1-6(7-2-3-16-4-7)11-9-12-13-10(18-9)17-5-8(14)15/h2-4,6H,5H2,1H3,(H,11,12)(H,14,15). The molecule has 0 saturated carbocycles. The quantitative estimate of drug-likeness (QED) is 0.799. The fourth-order valence-corrected chi connectivity index (χ4v) is 3.55. The maximum atomic E-state index is 10.4. The molecule has 5 nitrogen and oxygen atoms in total. The minimum absolute atomic E-state index is 0.00865. The number of aromatic nitrogens is 2. The van der Waals surface area contributed by atoms with E-state index in [1.165, 1.54) is 28.7 Å². The van der Waals surface area contributed by atoms with E-state index in [0.29, 0.717) is 9.47 Å². The van der Waals surface area contributed by atoms with Gasteiger partial charge in [0.05, 0.1) is 11.8 Å². The number of aliphatic carboxylic acids is 1. The molecule has 0 radical (unpaired) electrons. The van der Waals surface area contributed by atoms with Crippen LogP contribution >= 0.6 is 34.4 Å². The van der Waals surface area contributed by atoms with Gasteiger partial charge in [-0.05, 0) is 29.3 Å². The maximum Gasteiger partial charge on any atom is 0.313 e. The van der Waals surface area contributed by atoms with E-state index >= 15 is 0 Å². The van der Waals surface area contributed by atoms with Gasteiger partial charge in [0.25, 0.3) is 0 Å². The SMILES string of the molecule is CC(Nc1nnc(SCC(=O)O)s1)c1ccsc1. The van der Waals surface area contributed by atoms with Crippen LogP contribution < -0.4 is 5.32 Å². The number of thiophene rings is 1. The second-order valence-corrected chi connectivity index (χ2v) is 6.46. The van der Waals surface area contributed by atoms with E-state index in [1.54, 1.807) is 11.3 Å². The Morgan fingerprint density at radius 2 is 2.44 bits per heavy atom. The molecule has 0 spiro atoms. The molecule has 2 heterocycles. The smallest absolute Gasteiger partial charge is 0.313 e. The van der Waals surface area contributed by atoms with Crippen LogP contribution in [0.4, 0.5) is 5.13 Å². The van der Waals surface area contributed by atoms with Gasteiger partial charge >= 0.3 is 5.97 Å². The summed E-state index contributed by atoms with van der Waals surface area (Å²) in [6.07, 6.45) is 0. The molecule has 0 aliphatic rings. The van der Waals surface area contributed by atoms with Crippen molar-refractivity contribution in [2.75, 3.05) is 11.1 Å². The predicted octanol–water partition coefficient (Wildman–Crippen LogP) is 2.95. The molecule has 0 aliphatic heterocycles. The Morgan fingerprint density at radius 3 is 3.11 bits per heavy atom. The van der Waals surface area contributed by atoms with Crippen molar-refractivity contribution in [2.45, 2.75) is 17.3 Å². The summed E-state index contributed by atoms with van der Waals surface area (Å²) in [6.45, 7) is 2.05. The highest BCUT2D eigenvalue weighted by Crippen LogP contribution is 2.28. The molecule has 0 aliphatic carbocycles. The van der Waals surface area contributed by atoms with E-state index in [1.807, 2.05) is 12.3 Å². The van der Waals surface area contributed by atoms with E-state index in [2.05, 4.69) is 27.0 Å². The summed E-state index contributed by atoms with van der Waals surface area (Å²) < 4.78 is 0.664. The van der Waals surface area contributed by atoms with E-state index in [9.17, 15) is 4.79 Å². The van der Waals surface area contributed by atoms with Gasteiger partial charge in [0.2, 0.25) is 5.13 Å². The van der Waals surface area contributed by atoms with Gasteiger partial charge in [-0.2, -0.15) is 11.3 Å². The van der Waals surface area contributed by atoms with Crippen LogP contribution in [0.2, 0.25) is 0 Å². The minimum atomic E-state index is -0.851. The van der Waals surface area contributed by atoms with Crippen LogP contribution in [-0.4, -0.2) is 27.0 Å². The lowest BCUT2D eigenvalue weighted by Gasteiger charge is -2.09. The number of nitrogens with zero attached hydrogens (tertiary/aromatic N) is 2. The van der Waals surface area contributed by atoms with Crippen molar-refractivity contribution in [1.82, 2.24) is 10.2 Å². The Kier molecular flexibility index (Phi) is 4.56. The molecule has 18 heavy (non-hydrogen) atoms. The summed E-state index contributed by atoms with van der Waals surface area (Å²) in [6, 6.07) is 2.23. The molecule has 0 bridgehead atoms. The summed E-state index contributed by atoms with van der Waals surface area (Å²) in [4.78, 5) is 10.4. The van der Waals surface area contributed by atoms with Crippen molar-refractivity contribution in [1.29, 1.82) is 0 Å². The summed E-state index contributed by atoms with van der Waals surface area (Å²) in [5.74, 6) is -0.842. The number of rotatable bonds is 6. The summed E-state index contributed by atoms with van der Waals surface area (Å²) in [5.41, 5.74) is 1.20. The van der Waals surface area contributed by atoms with Gasteiger partial charge in [0, 0.05) is 0 Å². The zero-order chi connectivity index (χ0) is 13.0. The first kappa shape index (κ1) is 13.3. The van der Waals surface area contributed by atoms with Gasteiger partial charge in [-0.3, -0.25) is 4.79 Å². The van der Waals surface area contributed by atoms with E-state index < -0.39 is 5.97 Å². The molecule has 2 N–H and O–H groups in total. The molecule has 2 aromatic heterocycles. The normalized spacial score (nSPS) is 12.3. The van der Waals surface area contributed by atoms with Crippen LogP contribution in [0.5, 0.6) is 0 Å². The van der Waals surface area contributed by atoms with Crippen molar-refractivity contribution in [3.63, 3.8) is 0 Å². The largest absolute Gasteiger partial charge is 0.481 e. The Hall–Kier alpha value is -1.12. The number of hydrogen-bond acceptors (Lipinski definition) is 7. The Bertz CT molecular complexity index is 512. The Labute approximate surface area is 116 Å². The first-order valence-electron chi connectivity index (χ1n) is 5.12. The van der Waals surface area contributed by atoms with Gasteiger partial charge in [-0.1, -0.05) is 23.1 Å². The average Bonchev–Trinajstić information content (AvgIpc) is 2.97. The second kappa shape index (κ2) is 6.17. The van der Waals surface area contributed by atoms with Crippen molar-refractivity contribution in [3.05, 3.63) is 22.4 Å². The van der Waals surface area contributed by atoms with Gasteiger partial charge in [0.15, 0.2) is 4.34 Å². The molecule has 8 heteroatoms. The lowest BCUT2D eigenvalue weighted by molar-refractivity contribution is -0.133. The predicted molar refractivity (Wildman–Crippen MR) is 74.6 cm³/mol. The van der Waals surface area contributed by atoms with Crippen LogP contribution in [-0.2, 0) is 4.79 Å². The number of carboxylic acids is 1. The van der Waals surface area contributed by atoms with Crippen LogP contribution in [0, 0.1) is 0 Å². The summed E-state index contributed by atoms with van der Waals surface area (Å²) in [7, 11) is 0. The van der Waals surface area contributed by atoms with Crippen LogP contribution in [0.3, 0.4) is 0 Å². The van der Waals surface area contributed by atoms with E-state index in [4.69, 9.17) is 5.11 Å². The van der Waals surface area contributed by atoms with Gasteiger partial charge in [-0.15, -0.1) is 10.2 Å². The van der Waals surface area contributed by atoms with Crippen LogP contribution in [0.15, 0.2) is 21.2 Å². The van der Waals surface area contributed by atoms with E-state index in [0.717, 1.165) is 0 Å². The van der Waals surface area contributed by atoms with Gasteiger partial charge in [-0.25, -0.2) is 0 Å². The zero-order valence-electron chi connectivity index (χ0n) is 9.49. The van der Waals surface area contributed by atoms with Crippen molar-refractivity contribution < 1.29 is 9.90 Å². The molecule has 0 fully saturated rings. The monoisotopic (exact) mass is 301 g/mol. The first-order valence-corrected chi connectivity index (χ1v) is 7.86. The number of carboxylic acid groups (broad SMARTS) is 1. The molecular weight excluding hydrogens is 290 g/mol. The Morgan fingerprint density at radius 1 is 1.61 bits per heavy atom. The highest BCUT2D eigenvalue weighted by Gasteiger charge is 2.10. The lowest BCUT2D eigenvalue weighted by Crippen LogP contribution is -2.04. The van der Waals surface area contributed by atoms with Crippen molar-refractivity contribution in [2.24, 2.45) is 0 Å². The second-order valence-electron chi connectivity index (χ2n) is 3.48. The molecule has 0 saturated heterocycles. The highest BCUT2D eigenvalue weighted by atomic mass is 32.2. The molecule has 0 amide bonds. The minimum Gasteiger partial charge on any atom is -0.481 e. The zero-order valence-corrected chi connectivity index (χ0v) is 11.9. The fraction of sp³-hybridized carbons (Fsp3) is 0.300. The first-order chi connectivity index (χ1) is 8.65. The van der Waals surface area contributed by atoms with Crippen LogP contribution in [0.25, 0.3) is 0 Å².